The van der Waals surface area contributed by atoms with E-state index in [9.17, 15) is 13.2 Å². The van der Waals surface area contributed by atoms with Gasteiger partial charge in [-0.05, 0) is 62.8 Å². The molecular weight excluding hydrogens is 502 g/mol. The molecule has 1 aromatic heterocycles. The van der Waals surface area contributed by atoms with Crippen molar-refractivity contribution < 1.29 is 13.2 Å². The predicted octanol–water partition coefficient (Wildman–Crippen LogP) is 3.15. The first-order chi connectivity index (χ1) is 17.4. The van der Waals surface area contributed by atoms with E-state index in [4.69, 9.17) is 21.6 Å². The first kappa shape index (κ1) is 25.1. The van der Waals surface area contributed by atoms with Crippen molar-refractivity contribution in [3.63, 3.8) is 0 Å². The molecule has 11 heteroatoms. The molecule has 1 unspecified atom stereocenters. The van der Waals surface area contributed by atoms with Gasteiger partial charge in [-0.3, -0.25) is 4.79 Å². The van der Waals surface area contributed by atoms with E-state index in [-0.39, 0.29) is 42.1 Å². The van der Waals surface area contributed by atoms with Crippen LogP contribution in [-0.4, -0.2) is 61.0 Å². The summed E-state index contributed by atoms with van der Waals surface area (Å²) in [5, 5.41) is 15.8. The van der Waals surface area contributed by atoms with Crippen molar-refractivity contribution in [2.75, 3.05) is 35.7 Å². The van der Waals surface area contributed by atoms with E-state index in [1.54, 1.807) is 0 Å². The summed E-state index contributed by atoms with van der Waals surface area (Å²) in [6.45, 7) is 0.455. The Bertz CT molecular complexity index is 1300. The number of hydrogen-bond donors (Lipinski definition) is 1. The minimum absolute atomic E-state index is 0.00104. The zero-order chi connectivity index (χ0) is 25.3. The van der Waals surface area contributed by atoms with Gasteiger partial charge >= 0.3 is 0 Å². The lowest BCUT2D eigenvalue weighted by Crippen LogP contribution is -2.42. The Kier molecular flexibility index (Phi) is 7.24. The third kappa shape index (κ3) is 5.24. The van der Waals surface area contributed by atoms with Gasteiger partial charge in [-0.25, -0.2) is 13.1 Å². The van der Waals surface area contributed by atoms with E-state index >= 15 is 0 Å². The lowest BCUT2D eigenvalue weighted by molar-refractivity contribution is 0.140. The predicted molar refractivity (Wildman–Crippen MR) is 138 cm³/mol. The number of nitriles is 1. The van der Waals surface area contributed by atoms with Crippen LogP contribution in [0.1, 0.15) is 50.1 Å². The number of benzene rings is 1. The molecule has 2 heterocycles. The number of anilines is 2. The molecule has 9 nitrogen and oxygen atoms in total. The minimum atomic E-state index is -3.23. The van der Waals surface area contributed by atoms with E-state index in [0.717, 1.165) is 31.4 Å². The molecule has 0 spiro atoms. The van der Waals surface area contributed by atoms with E-state index < -0.39 is 15.1 Å². The molecule has 3 fully saturated rings. The minimum Gasteiger partial charge on any atom is -0.381 e. The maximum Gasteiger partial charge on any atom is 0.287 e. The summed E-state index contributed by atoms with van der Waals surface area (Å²) in [7, 11) is -3.23. The summed E-state index contributed by atoms with van der Waals surface area (Å²) in [5.41, 5.74) is 1.79. The average molecular weight is 532 g/mol. The van der Waals surface area contributed by atoms with Crippen molar-refractivity contribution in [3.05, 3.63) is 51.4 Å². The number of rotatable bonds is 7. The highest BCUT2D eigenvalue weighted by Gasteiger charge is 2.37. The smallest absolute Gasteiger partial charge is 0.287 e. The lowest BCUT2D eigenvalue weighted by atomic mass is 9.89. The maximum atomic E-state index is 13.0. The molecule has 2 aliphatic carbocycles. The van der Waals surface area contributed by atoms with Crippen molar-refractivity contribution in [2.24, 2.45) is 0 Å². The highest BCUT2D eigenvalue weighted by Crippen LogP contribution is 2.39. The molecule has 0 radical (unpaired) electrons. The number of hydrogen-bond acceptors (Lipinski definition) is 8. The second-order valence-electron chi connectivity index (χ2n) is 9.83. The van der Waals surface area contributed by atoms with Gasteiger partial charge in [-0.2, -0.15) is 10.4 Å². The largest absolute Gasteiger partial charge is 0.381 e. The van der Waals surface area contributed by atoms with Gasteiger partial charge in [0.05, 0.1) is 48.5 Å². The van der Waals surface area contributed by atoms with Crippen molar-refractivity contribution in [1.82, 2.24) is 9.78 Å². The van der Waals surface area contributed by atoms with E-state index in [1.165, 1.54) is 23.7 Å². The zero-order valence-corrected chi connectivity index (χ0v) is 21.5. The zero-order valence-electron chi connectivity index (χ0n) is 20.0. The summed E-state index contributed by atoms with van der Waals surface area (Å²) >= 11 is 6.39. The van der Waals surface area contributed by atoms with Crippen LogP contribution < -0.4 is 15.8 Å². The van der Waals surface area contributed by atoms with Gasteiger partial charge in [0.2, 0.25) is 0 Å². The van der Waals surface area contributed by atoms with Gasteiger partial charge in [-0.1, -0.05) is 11.6 Å². The van der Waals surface area contributed by atoms with Gasteiger partial charge in [0.15, 0.2) is 9.84 Å². The molecule has 36 heavy (non-hydrogen) atoms. The van der Waals surface area contributed by atoms with Gasteiger partial charge in [0, 0.05) is 24.3 Å². The third-order valence-electron chi connectivity index (χ3n) is 7.43. The highest BCUT2D eigenvalue weighted by molar-refractivity contribution is 7.92. The van der Waals surface area contributed by atoms with Crippen LogP contribution in [0.3, 0.4) is 0 Å². The Morgan fingerprint density at radius 3 is 2.42 bits per heavy atom. The molecule has 2 saturated carbocycles. The fraction of sp³-hybridized carbons (Fsp3) is 0.560. The third-order valence-corrected chi connectivity index (χ3v) is 9.85. The number of nitrogens with zero attached hydrogens (tertiary/aromatic N) is 4. The van der Waals surface area contributed by atoms with Crippen molar-refractivity contribution in [3.8, 4) is 6.07 Å². The summed E-state index contributed by atoms with van der Waals surface area (Å²) in [6.07, 6.45) is 7.38. The number of nitrogens with one attached hydrogen (secondary N) is 1. The Morgan fingerprint density at radius 1 is 1.14 bits per heavy atom. The van der Waals surface area contributed by atoms with Crippen molar-refractivity contribution in [1.29, 1.82) is 5.26 Å². The van der Waals surface area contributed by atoms with E-state index in [1.807, 2.05) is 24.3 Å². The van der Waals surface area contributed by atoms with Gasteiger partial charge in [-0.15, -0.1) is 0 Å². The fourth-order valence-corrected chi connectivity index (χ4v) is 6.79. The number of ether oxygens (including phenoxy) is 1. The Morgan fingerprint density at radius 2 is 1.81 bits per heavy atom. The van der Waals surface area contributed by atoms with Crippen molar-refractivity contribution in [2.45, 2.75) is 61.9 Å². The molecule has 1 atom stereocenters. The molecule has 5 rings (SSSR count). The molecule has 0 bridgehead atoms. The summed E-state index contributed by atoms with van der Waals surface area (Å²) in [4.78, 5) is 15.5. The molecule has 3 aliphatic rings. The summed E-state index contributed by atoms with van der Waals surface area (Å²) in [6, 6.07) is 10.9. The van der Waals surface area contributed by atoms with Gasteiger partial charge < -0.3 is 15.0 Å². The number of sulfone groups is 1. The normalized spacial score (nSPS) is 25.6. The van der Waals surface area contributed by atoms with Crippen LogP contribution in [0.15, 0.2) is 35.3 Å². The maximum absolute atomic E-state index is 13.0. The van der Waals surface area contributed by atoms with Crippen LogP contribution in [0.2, 0.25) is 5.02 Å². The van der Waals surface area contributed by atoms with Crippen molar-refractivity contribution >= 4 is 32.8 Å². The van der Waals surface area contributed by atoms with E-state index in [2.05, 4.69) is 21.4 Å². The van der Waals surface area contributed by atoms with Crippen LogP contribution >= 0.6 is 11.6 Å². The number of halogens is 1. The second kappa shape index (κ2) is 10.4. The monoisotopic (exact) mass is 531 g/mol. The molecule has 1 N–H and O–H groups in total. The van der Waals surface area contributed by atoms with Crippen LogP contribution in [0.4, 0.5) is 11.4 Å². The van der Waals surface area contributed by atoms with Crippen LogP contribution in [0.25, 0.3) is 0 Å². The fourth-order valence-electron chi connectivity index (χ4n) is 5.26. The van der Waals surface area contributed by atoms with Gasteiger partial charge in [0.1, 0.15) is 10.3 Å². The molecule has 1 aromatic carbocycles. The van der Waals surface area contributed by atoms with Crippen LogP contribution in [0, 0.1) is 11.3 Å². The Labute approximate surface area is 215 Å². The van der Waals surface area contributed by atoms with E-state index in [0.29, 0.717) is 23.3 Å². The Hall–Kier alpha value is -2.61. The highest BCUT2D eigenvalue weighted by atomic mass is 35.5. The Balaban J connectivity index is 1.24. The molecule has 1 saturated heterocycles. The average Bonchev–Trinajstić information content (AvgIpc) is 3.72. The molecular formula is C25H30ClN5O4S. The molecule has 192 valence electrons. The summed E-state index contributed by atoms with van der Waals surface area (Å²) < 4.78 is 31.2. The second-order valence-corrected chi connectivity index (χ2v) is 12.6. The standard InChI is InChI=1S/C25H30ClN5O4S/c26-24-23(28-14-22-16-35-11-12-36(22,33)34)15-29-31(25(24)32)21-9-7-20(8-10-21)30(19-5-6-19)18-3-1-17(13-27)2-4-18/h1-4,15,19-22,28H,5-12,14,16H2. The van der Waals surface area contributed by atoms with Crippen LogP contribution in [-0.2, 0) is 14.6 Å². The first-order valence-corrected chi connectivity index (χ1v) is 14.6. The van der Waals surface area contributed by atoms with Gasteiger partial charge in [0.25, 0.3) is 5.56 Å². The topological polar surface area (TPSA) is 117 Å². The van der Waals surface area contributed by atoms with Crippen LogP contribution in [0.5, 0.6) is 0 Å². The molecule has 2 aromatic rings. The number of aromatic nitrogens is 2. The first-order valence-electron chi connectivity index (χ1n) is 12.5. The summed E-state index contributed by atoms with van der Waals surface area (Å²) in [5.74, 6) is -0.00104. The molecule has 0 amide bonds. The SMILES string of the molecule is N#Cc1ccc(N(C2CC2)C2CCC(n3ncc(NCC4COCCS4(=O)=O)c(Cl)c3=O)CC2)cc1. The molecule has 1 aliphatic heterocycles. The lowest BCUT2D eigenvalue weighted by Gasteiger charge is -2.39. The quantitative estimate of drug-likeness (QED) is 0.579.